The van der Waals surface area contributed by atoms with E-state index in [0.29, 0.717) is 19.6 Å². The van der Waals surface area contributed by atoms with Crippen molar-refractivity contribution in [2.75, 3.05) is 27.4 Å². The summed E-state index contributed by atoms with van der Waals surface area (Å²) in [6, 6.07) is 1.95. The second kappa shape index (κ2) is 8.75. The minimum absolute atomic E-state index is 0.115. The third-order valence-corrected chi connectivity index (χ3v) is 3.66. The molecule has 5 heteroatoms. The van der Waals surface area contributed by atoms with Gasteiger partial charge in [0.1, 0.15) is 6.61 Å². The number of thiophene rings is 1. The van der Waals surface area contributed by atoms with E-state index < -0.39 is 0 Å². The molecule has 0 radical (unpaired) electrons. The van der Waals surface area contributed by atoms with Crippen LogP contribution in [-0.2, 0) is 16.1 Å². The molecule has 1 heterocycles. The van der Waals surface area contributed by atoms with E-state index in [9.17, 15) is 4.79 Å². The Bertz CT molecular complexity index is 487. The fraction of sp³-hybridized carbons (Fsp3) is 0.533. The van der Waals surface area contributed by atoms with Crippen LogP contribution < -0.4 is 0 Å². The highest BCUT2D eigenvalue weighted by atomic mass is 32.1. The molecule has 0 fully saturated rings. The lowest BCUT2D eigenvalue weighted by molar-refractivity contribution is -0.131. The first-order chi connectivity index (χ1) is 9.56. The number of ether oxygens (including phenoxy) is 1. The van der Waals surface area contributed by atoms with Gasteiger partial charge in [0.15, 0.2) is 0 Å². The molecule has 1 atom stereocenters. The summed E-state index contributed by atoms with van der Waals surface area (Å²) in [7, 11) is 3.45. The lowest BCUT2D eigenvalue weighted by atomic mass is 10.1. The average Bonchev–Trinajstić information content (AvgIpc) is 2.84. The topological polar surface area (TPSA) is 49.8 Å². The van der Waals surface area contributed by atoms with E-state index in [1.807, 2.05) is 18.4 Å². The number of nitrogens with zero attached hydrogens (tertiary/aromatic N) is 1. The van der Waals surface area contributed by atoms with Crippen LogP contribution >= 0.6 is 11.3 Å². The smallest absolute Gasteiger partial charge is 0.222 e. The number of carbonyl (C=O) groups is 1. The molecule has 1 aromatic heterocycles. The highest BCUT2D eigenvalue weighted by Gasteiger charge is 2.14. The molecule has 1 N–H and O–H groups in total. The van der Waals surface area contributed by atoms with Crippen molar-refractivity contribution in [1.82, 2.24) is 4.90 Å². The summed E-state index contributed by atoms with van der Waals surface area (Å²) in [5, 5.41) is 10.6. The molecular weight excluding hydrogens is 274 g/mol. The molecule has 0 aliphatic carbocycles. The zero-order chi connectivity index (χ0) is 15.0. The quantitative estimate of drug-likeness (QED) is 0.813. The lowest BCUT2D eigenvalue weighted by Crippen LogP contribution is -2.28. The summed E-state index contributed by atoms with van der Waals surface area (Å²) in [6.07, 6.45) is 0.492. The molecule has 4 nitrogen and oxygen atoms in total. The van der Waals surface area contributed by atoms with Gasteiger partial charge in [0, 0.05) is 33.7 Å². The first-order valence-corrected chi connectivity index (χ1v) is 7.34. The maximum atomic E-state index is 12.0. The van der Waals surface area contributed by atoms with E-state index in [4.69, 9.17) is 9.84 Å². The van der Waals surface area contributed by atoms with Crippen molar-refractivity contribution < 1.29 is 14.6 Å². The minimum Gasteiger partial charge on any atom is -0.384 e. The standard InChI is InChI=1S/C15H21NO3S/c1-12(10-19-3)7-15(18)16(2)9-13-8-14(20-11-13)5-4-6-17/h8,11-12,17H,6-7,9-10H2,1-3H3. The second-order valence-electron chi connectivity index (χ2n) is 4.79. The van der Waals surface area contributed by atoms with Crippen LogP contribution in [0.5, 0.6) is 0 Å². The van der Waals surface area contributed by atoms with E-state index in [2.05, 4.69) is 11.8 Å². The van der Waals surface area contributed by atoms with Gasteiger partial charge in [0.25, 0.3) is 0 Å². The number of methoxy groups -OCH3 is 1. The van der Waals surface area contributed by atoms with Crippen LogP contribution in [0.15, 0.2) is 11.4 Å². The van der Waals surface area contributed by atoms with Gasteiger partial charge in [-0.25, -0.2) is 0 Å². The van der Waals surface area contributed by atoms with Crippen LogP contribution in [0.4, 0.5) is 0 Å². The van der Waals surface area contributed by atoms with Crippen molar-refractivity contribution in [3.8, 4) is 11.8 Å². The van der Waals surface area contributed by atoms with Crippen LogP contribution in [0, 0.1) is 17.8 Å². The van der Waals surface area contributed by atoms with Crippen molar-refractivity contribution in [3.05, 3.63) is 21.9 Å². The van der Waals surface area contributed by atoms with E-state index in [-0.39, 0.29) is 18.4 Å². The Morgan fingerprint density at radius 2 is 2.35 bits per heavy atom. The predicted octanol–water partition coefficient (Wildman–Crippen LogP) is 1.72. The van der Waals surface area contributed by atoms with Crippen molar-refractivity contribution in [3.63, 3.8) is 0 Å². The third kappa shape index (κ3) is 5.74. The van der Waals surface area contributed by atoms with Gasteiger partial charge in [-0.2, -0.15) is 0 Å². The Kier molecular flexibility index (Phi) is 7.31. The van der Waals surface area contributed by atoms with Gasteiger partial charge in [-0.1, -0.05) is 18.8 Å². The molecule has 110 valence electrons. The van der Waals surface area contributed by atoms with E-state index in [1.54, 1.807) is 19.1 Å². The number of rotatable bonds is 6. The van der Waals surface area contributed by atoms with Crippen molar-refractivity contribution in [1.29, 1.82) is 0 Å². The molecule has 0 saturated carbocycles. The Balaban J connectivity index is 2.50. The summed E-state index contributed by atoms with van der Waals surface area (Å²) in [4.78, 5) is 14.6. The first-order valence-electron chi connectivity index (χ1n) is 6.46. The number of aliphatic hydroxyl groups is 1. The zero-order valence-corrected chi connectivity index (χ0v) is 13.0. The van der Waals surface area contributed by atoms with Crippen LogP contribution in [0.1, 0.15) is 23.8 Å². The first kappa shape index (κ1) is 16.7. The SMILES string of the molecule is COCC(C)CC(=O)N(C)Cc1csc(C#CCO)c1. The third-order valence-electron chi connectivity index (χ3n) is 2.76. The van der Waals surface area contributed by atoms with Crippen LogP contribution in [-0.4, -0.2) is 43.3 Å². The number of hydrogen-bond donors (Lipinski definition) is 1. The van der Waals surface area contributed by atoms with Crippen LogP contribution in [0.25, 0.3) is 0 Å². The number of amides is 1. The molecule has 0 spiro atoms. The van der Waals surface area contributed by atoms with Crippen molar-refractivity contribution in [2.24, 2.45) is 5.92 Å². The van der Waals surface area contributed by atoms with Gasteiger partial charge in [-0.3, -0.25) is 4.79 Å². The van der Waals surface area contributed by atoms with Gasteiger partial charge < -0.3 is 14.7 Å². The maximum Gasteiger partial charge on any atom is 0.222 e. The fourth-order valence-electron chi connectivity index (χ4n) is 1.81. The van der Waals surface area contributed by atoms with Crippen LogP contribution in [0.2, 0.25) is 0 Å². The molecule has 0 aromatic carbocycles. The van der Waals surface area contributed by atoms with Gasteiger partial charge in [-0.05, 0) is 22.9 Å². The van der Waals surface area contributed by atoms with Gasteiger partial charge in [-0.15, -0.1) is 11.3 Å². The second-order valence-corrected chi connectivity index (χ2v) is 5.70. The summed E-state index contributed by atoms with van der Waals surface area (Å²) < 4.78 is 5.04. The Hall–Kier alpha value is -1.35. The molecule has 1 unspecified atom stereocenters. The molecule has 0 aliphatic rings. The predicted molar refractivity (Wildman–Crippen MR) is 80.4 cm³/mol. The summed E-state index contributed by atoms with van der Waals surface area (Å²) in [5.74, 6) is 5.82. The normalized spacial score (nSPS) is 11.6. The maximum absolute atomic E-state index is 12.0. The minimum atomic E-state index is -0.136. The molecular formula is C15H21NO3S. The average molecular weight is 295 g/mol. The monoisotopic (exact) mass is 295 g/mol. The van der Waals surface area contributed by atoms with Crippen molar-refractivity contribution >= 4 is 17.2 Å². The van der Waals surface area contributed by atoms with E-state index in [1.165, 1.54) is 11.3 Å². The molecule has 1 aromatic rings. The molecule has 1 rings (SSSR count). The molecule has 0 saturated heterocycles. The van der Waals surface area contributed by atoms with Gasteiger partial charge >= 0.3 is 0 Å². The Morgan fingerprint density at radius 3 is 3.00 bits per heavy atom. The molecule has 0 aliphatic heterocycles. The fourth-order valence-corrected chi connectivity index (χ4v) is 2.58. The summed E-state index contributed by atoms with van der Waals surface area (Å²) >= 11 is 1.52. The Labute approximate surface area is 124 Å². The van der Waals surface area contributed by atoms with Gasteiger partial charge in [0.2, 0.25) is 5.91 Å². The van der Waals surface area contributed by atoms with Gasteiger partial charge in [0.05, 0.1) is 4.88 Å². The highest BCUT2D eigenvalue weighted by molar-refractivity contribution is 7.10. The highest BCUT2D eigenvalue weighted by Crippen LogP contribution is 2.16. The Morgan fingerprint density at radius 1 is 1.60 bits per heavy atom. The van der Waals surface area contributed by atoms with E-state index in [0.717, 1.165) is 10.4 Å². The van der Waals surface area contributed by atoms with E-state index >= 15 is 0 Å². The lowest BCUT2D eigenvalue weighted by Gasteiger charge is -2.18. The number of hydrogen-bond acceptors (Lipinski definition) is 4. The van der Waals surface area contributed by atoms with Crippen LogP contribution in [0.3, 0.4) is 0 Å². The molecule has 0 bridgehead atoms. The molecule has 20 heavy (non-hydrogen) atoms. The summed E-state index contributed by atoms with van der Waals surface area (Å²) in [5.41, 5.74) is 1.06. The number of aliphatic hydroxyl groups excluding tert-OH is 1. The summed E-state index contributed by atoms with van der Waals surface area (Å²) in [6.45, 7) is 3.04. The number of carbonyl (C=O) groups excluding carboxylic acids is 1. The largest absolute Gasteiger partial charge is 0.384 e. The molecule has 1 amide bonds. The van der Waals surface area contributed by atoms with Crippen molar-refractivity contribution in [2.45, 2.75) is 19.9 Å². The zero-order valence-electron chi connectivity index (χ0n) is 12.2.